The predicted octanol–water partition coefficient (Wildman–Crippen LogP) is 1.49. The number of ether oxygens (including phenoxy) is 1. The Morgan fingerprint density at radius 1 is 1.25 bits per heavy atom. The maximum atomic E-state index is 12.3. The topological polar surface area (TPSA) is 76.7 Å². The van der Waals surface area contributed by atoms with Crippen LogP contribution >= 0.6 is 0 Å². The van der Waals surface area contributed by atoms with E-state index >= 15 is 0 Å². The van der Waals surface area contributed by atoms with Crippen molar-refractivity contribution in [2.75, 3.05) is 32.8 Å². The highest BCUT2D eigenvalue weighted by atomic mass is 16.5. The molecule has 2 fully saturated rings. The van der Waals surface area contributed by atoms with Crippen LogP contribution in [0.15, 0.2) is 36.9 Å². The van der Waals surface area contributed by atoms with Gasteiger partial charge in [-0.1, -0.05) is 6.07 Å². The zero-order valence-electron chi connectivity index (χ0n) is 15.8. The Balaban J connectivity index is 1.41. The molecular formula is C20H24N6O2. The normalized spacial score (nSPS) is 17.9. The maximum absolute atomic E-state index is 12.3. The fourth-order valence-corrected chi connectivity index (χ4v) is 3.55. The summed E-state index contributed by atoms with van der Waals surface area (Å²) in [7, 11) is 0. The second kappa shape index (κ2) is 7.37. The van der Waals surface area contributed by atoms with Gasteiger partial charge in [-0.15, -0.1) is 0 Å². The van der Waals surface area contributed by atoms with E-state index < -0.39 is 0 Å². The number of carbonyl (C=O) groups excluding carboxylic acids is 1. The molecule has 2 aliphatic rings. The van der Waals surface area contributed by atoms with Crippen LogP contribution in [-0.2, 0) is 11.3 Å². The van der Waals surface area contributed by atoms with E-state index in [9.17, 15) is 4.79 Å². The number of pyridine rings is 1. The Morgan fingerprint density at radius 3 is 2.93 bits per heavy atom. The summed E-state index contributed by atoms with van der Waals surface area (Å²) >= 11 is 0. The van der Waals surface area contributed by atoms with Gasteiger partial charge < -0.3 is 10.1 Å². The summed E-state index contributed by atoms with van der Waals surface area (Å²) in [6, 6.07) is 6.08. The monoisotopic (exact) mass is 380 g/mol. The third-order valence-electron chi connectivity index (χ3n) is 5.38. The minimum absolute atomic E-state index is 0.125. The van der Waals surface area contributed by atoms with Crippen molar-refractivity contribution in [3.05, 3.63) is 48.3 Å². The molecule has 0 unspecified atom stereocenters. The Labute approximate surface area is 163 Å². The molecule has 1 N–H and O–H groups in total. The molecule has 146 valence electrons. The number of fused-ring (bicyclic) bond motifs is 1. The lowest BCUT2D eigenvalue weighted by Crippen LogP contribution is -2.35. The SMILES string of the molecule is O=C(NCC1CC1)c1cn(-c2nc(CN3CCOCC3)c3ccccn23)cn1. The van der Waals surface area contributed by atoms with Crippen molar-refractivity contribution < 1.29 is 9.53 Å². The van der Waals surface area contributed by atoms with Crippen molar-refractivity contribution in [3.63, 3.8) is 0 Å². The molecule has 5 rings (SSSR count). The molecule has 0 bridgehead atoms. The molecule has 1 aliphatic carbocycles. The van der Waals surface area contributed by atoms with Crippen LogP contribution in [-0.4, -0.2) is 62.6 Å². The van der Waals surface area contributed by atoms with Gasteiger partial charge in [0.2, 0.25) is 5.95 Å². The van der Waals surface area contributed by atoms with Crippen LogP contribution in [0.1, 0.15) is 29.0 Å². The number of hydrogen-bond acceptors (Lipinski definition) is 5. The smallest absolute Gasteiger partial charge is 0.271 e. The molecule has 28 heavy (non-hydrogen) atoms. The largest absolute Gasteiger partial charge is 0.379 e. The van der Waals surface area contributed by atoms with Crippen LogP contribution in [0.4, 0.5) is 0 Å². The lowest BCUT2D eigenvalue weighted by molar-refractivity contribution is 0.0339. The molecule has 8 nitrogen and oxygen atoms in total. The number of hydrogen-bond donors (Lipinski definition) is 1. The Kier molecular flexibility index (Phi) is 4.58. The molecule has 3 aromatic rings. The van der Waals surface area contributed by atoms with Gasteiger partial charge in [0.1, 0.15) is 12.0 Å². The zero-order valence-corrected chi connectivity index (χ0v) is 15.8. The molecule has 1 amide bonds. The number of nitrogens with zero attached hydrogens (tertiary/aromatic N) is 5. The standard InChI is InChI=1S/C20H24N6O2/c27-19(21-11-15-4-5-15)17-13-25(14-22-17)20-23-16(12-24-7-9-28-10-8-24)18-3-1-2-6-26(18)20/h1-3,6,13-15H,4-5,7-12H2,(H,21,27). The molecule has 1 saturated heterocycles. The summed E-state index contributed by atoms with van der Waals surface area (Å²) in [6.45, 7) is 4.87. The first-order valence-electron chi connectivity index (χ1n) is 9.86. The van der Waals surface area contributed by atoms with Crippen molar-refractivity contribution in [1.82, 2.24) is 29.2 Å². The van der Waals surface area contributed by atoms with E-state index in [-0.39, 0.29) is 5.91 Å². The van der Waals surface area contributed by atoms with E-state index in [4.69, 9.17) is 9.72 Å². The van der Waals surface area contributed by atoms with Gasteiger partial charge in [-0.2, -0.15) is 0 Å². The first kappa shape index (κ1) is 17.4. The number of aromatic nitrogens is 4. The average molecular weight is 380 g/mol. The molecular weight excluding hydrogens is 356 g/mol. The Bertz CT molecular complexity index is 984. The van der Waals surface area contributed by atoms with Gasteiger partial charge in [-0.25, -0.2) is 9.97 Å². The van der Waals surface area contributed by atoms with Gasteiger partial charge >= 0.3 is 0 Å². The van der Waals surface area contributed by atoms with Gasteiger partial charge in [0, 0.05) is 38.6 Å². The maximum Gasteiger partial charge on any atom is 0.271 e. The van der Waals surface area contributed by atoms with Crippen LogP contribution < -0.4 is 5.32 Å². The number of carbonyl (C=O) groups is 1. The summed E-state index contributed by atoms with van der Waals surface area (Å²) in [5, 5.41) is 2.96. The highest BCUT2D eigenvalue weighted by Gasteiger charge is 2.23. The molecule has 0 aromatic carbocycles. The molecule has 0 atom stereocenters. The first-order chi connectivity index (χ1) is 13.8. The number of amides is 1. The van der Waals surface area contributed by atoms with E-state index in [1.54, 1.807) is 12.5 Å². The van der Waals surface area contributed by atoms with E-state index in [0.29, 0.717) is 11.6 Å². The molecule has 0 spiro atoms. The summed E-state index contributed by atoms with van der Waals surface area (Å²) in [4.78, 5) is 23.9. The minimum atomic E-state index is -0.125. The zero-order chi connectivity index (χ0) is 18.9. The summed E-state index contributed by atoms with van der Waals surface area (Å²) in [5.41, 5.74) is 2.51. The first-order valence-corrected chi connectivity index (χ1v) is 9.86. The van der Waals surface area contributed by atoms with Gasteiger partial charge in [0.15, 0.2) is 0 Å². The number of morpholine rings is 1. The molecule has 1 saturated carbocycles. The van der Waals surface area contributed by atoms with Crippen LogP contribution in [0.2, 0.25) is 0 Å². The van der Waals surface area contributed by atoms with Crippen molar-refractivity contribution >= 4 is 11.4 Å². The molecule has 4 heterocycles. The molecule has 0 radical (unpaired) electrons. The van der Waals surface area contributed by atoms with Crippen LogP contribution in [0.5, 0.6) is 0 Å². The highest BCUT2D eigenvalue weighted by molar-refractivity contribution is 5.92. The van der Waals surface area contributed by atoms with Gasteiger partial charge in [-0.3, -0.25) is 18.7 Å². The Hall–Kier alpha value is -2.71. The lowest BCUT2D eigenvalue weighted by atomic mass is 10.3. The predicted molar refractivity (Wildman–Crippen MR) is 103 cm³/mol. The fraction of sp³-hybridized carbons (Fsp3) is 0.450. The van der Waals surface area contributed by atoms with Gasteiger partial charge in [0.25, 0.3) is 5.91 Å². The third-order valence-corrected chi connectivity index (χ3v) is 5.38. The summed E-state index contributed by atoms with van der Waals surface area (Å²) < 4.78 is 9.31. The van der Waals surface area contributed by atoms with Gasteiger partial charge in [-0.05, 0) is 30.9 Å². The van der Waals surface area contributed by atoms with Crippen molar-refractivity contribution in [3.8, 4) is 5.95 Å². The third kappa shape index (κ3) is 3.53. The van der Waals surface area contributed by atoms with E-state index in [0.717, 1.165) is 56.6 Å². The van der Waals surface area contributed by atoms with Gasteiger partial charge in [0.05, 0.1) is 24.4 Å². The van der Waals surface area contributed by atoms with Crippen molar-refractivity contribution in [2.24, 2.45) is 5.92 Å². The molecule has 8 heteroatoms. The van der Waals surface area contributed by atoms with Crippen molar-refractivity contribution in [1.29, 1.82) is 0 Å². The van der Waals surface area contributed by atoms with E-state index in [2.05, 4.69) is 21.3 Å². The number of rotatable bonds is 6. The van der Waals surface area contributed by atoms with E-state index in [1.165, 1.54) is 12.8 Å². The van der Waals surface area contributed by atoms with Crippen LogP contribution in [0, 0.1) is 5.92 Å². The Morgan fingerprint density at radius 2 is 2.11 bits per heavy atom. The second-order valence-corrected chi connectivity index (χ2v) is 7.52. The van der Waals surface area contributed by atoms with Crippen LogP contribution in [0.3, 0.4) is 0 Å². The second-order valence-electron chi connectivity index (χ2n) is 7.52. The minimum Gasteiger partial charge on any atom is -0.379 e. The summed E-state index contributed by atoms with van der Waals surface area (Å²) in [5.74, 6) is 1.26. The van der Waals surface area contributed by atoms with Crippen molar-refractivity contribution in [2.45, 2.75) is 19.4 Å². The summed E-state index contributed by atoms with van der Waals surface area (Å²) in [6.07, 6.45) is 7.82. The lowest BCUT2D eigenvalue weighted by Gasteiger charge is -2.25. The number of imidazole rings is 2. The average Bonchev–Trinajstić information content (AvgIpc) is 3.31. The molecule has 3 aromatic heterocycles. The highest BCUT2D eigenvalue weighted by Crippen LogP contribution is 2.27. The number of nitrogens with one attached hydrogen (secondary N) is 1. The van der Waals surface area contributed by atoms with E-state index in [1.807, 2.05) is 27.3 Å². The molecule has 1 aliphatic heterocycles. The fourth-order valence-electron chi connectivity index (χ4n) is 3.55. The quantitative estimate of drug-likeness (QED) is 0.701. The van der Waals surface area contributed by atoms with Crippen LogP contribution in [0.25, 0.3) is 11.5 Å².